The van der Waals surface area contributed by atoms with E-state index in [1.54, 1.807) is 6.26 Å². The molecule has 0 fully saturated rings. The molecule has 1 unspecified atom stereocenters. The van der Waals surface area contributed by atoms with Gasteiger partial charge in [-0.3, -0.25) is 0 Å². The maximum atomic E-state index is 5.98. The van der Waals surface area contributed by atoms with Crippen LogP contribution in [0, 0.1) is 0 Å². The molecule has 1 aromatic heterocycles. The van der Waals surface area contributed by atoms with Gasteiger partial charge in [-0.2, -0.15) is 0 Å². The first-order chi connectivity index (χ1) is 5.74. The molecule has 1 rings (SSSR count). The Labute approximate surface area is 86.2 Å². The van der Waals surface area contributed by atoms with E-state index in [4.69, 9.17) is 16.0 Å². The molecule has 12 heavy (non-hydrogen) atoms. The van der Waals surface area contributed by atoms with Gasteiger partial charge >= 0.3 is 0 Å². The minimum absolute atomic E-state index is 0.266. The molecule has 1 nitrogen and oxygen atoms in total. The monoisotopic (exact) mass is 250 g/mol. The molecule has 0 aliphatic rings. The predicted octanol–water partition coefficient (Wildman–Crippen LogP) is 3.99. The molecule has 0 aliphatic heterocycles. The lowest BCUT2D eigenvalue weighted by atomic mass is 10.2. The number of hydrogen-bond donors (Lipinski definition) is 0. The lowest BCUT2D eigenvalue weighted by Gasteiger charge is -2.03. The van der Waals surface area contributed by atoms with E-state index in [1.807, 2.05) is 6.07 Å². The molecule has 68 valence electrons. The van der Waals surface area contributed by atoms with E-state index in [-0.39, 0.29) is 5.38 Å². The van der Waals surface area contributed by atoms with Crippen LogP contribution in [0.1, 0.15) is 25.5 Å². The van der Waals surface area contributed by atoms with Crippen molar-refractivity contribution in [1.29, 1.82) is 0 Å². The van der Waals surface area contributed by atoms with Gasteiger partial charge in [0.1, 0.15) is 5.76 Å². The van der Waals surface area contributed by atoms with Gasteiger partial charge in [-0.15, -0.1) is 11.6 Å². The average molecular weight is 252 g/mol. The second-order valence-electron chi connectivity index (χ2n) is 2.74. The Morgan fingerprint density at radius 3 is 2.92 bits per heavy atom. The van der Waals surface area contributed by atoms with Gasteiger partial charge in [0.25, 0.3) is 0 Å². The van der Waals surface area contributed by atoms with Gasteiger partial charge in [-0.05, 0) is 34.8 Å². The smallest absolute Gasteiger partial charge is 0.117 e. The molecule has 1 aromatic rings. The lowest BCUT2D eigenvalue weighted by molar-refractivity contribution is 0.496. The van der Waals surface area contributed by atoms with Crippen LogP contribution in [-0.2, 0) is 6.42 Å². The van der Waals surface area contributed by atoms with Crippen LogP contribution in [0.4, 0.5) is 0 Å². The molecule has 0 bridgehead atoms. The third kappa shape index (κ3) is 2.83. The van der Waals surface area contributed by atoms with Gasteiger partial charge in [-0.1, -0.05) is 6.92 Å². The van der Waals surface area contributed by atoms with Crippen LogP contribution in [0.5, 0.6) is 0 Å². The Morgan fingerprint density at radius 1 is 1.67 bits per heavy atom. The highest BCUT2D eigenvalue weighted by atomic mass is 79.9. The second-order valence-corrected chi connectivity index (χ2v) is 4.21. The summed E-state index contributed by atoms with van der Waals surface area (Å²) in [5.41, 5.74) is 0. The van der Waals surface area contributed by atoms with Crippen LogP contribution >= 0.6 is 27.5 Å². The summed E-state index contributed by atoms with van der Waals surface area (Å²) < 4.78 is 6.30. The van der Waals surface area contributed by atoms with Gasteiger partial charge in [0.2, 0.25) is 0 Å². The summed E-state index contributed by atoms with van der Waals surface area (Å²) in [5.74, 6) is 0.995. The van der Waals surface area contributed by atoms with Gasteiger partial charge < -0.3 is 4.42 Å². The summed E-state index contributed by atoms with van der Waals surface area (Å²) in [7, 11) is 0. The van der Waals surface area contributed by atoms with Crippen molar-refractivity contribution in [2.24, 2.45) is 0 Å². The van der Waals surface area contributed by atoms with Gasteiger partial charge in [0.05, 0.1) is 10.7 Å². The van der Waals surface area contributed by atoms with E-state index >= 15 is 0 Å². The zero-order valence-corrected chi connectivity index (χ0v) is 9.36. The van der Waals surface area contributed by atoms with Crippen molar-refractivity contribution in [2.75, 3.05) is 0 Å². The fourth-order valence-corrected chi connectivity index (χ4v) is 1.50. The normalized spacial score (nSPS) is 13.2. The molecule has 0 aromatic carbocycles. The molecule has 0 spiro atoms. The van der Waals surface area contributed by atoms with E-state index in [9.17, 15) is 0 Å². The summed E-state index contributed by atoms with van der Waals surface area (Å²) in [6, 6.07) is 1.91. The highest BCUT2D eigenvalue weighted by Crippen LogP contribution is 2.21. The molecular weight excluding hydrogens is 239 g/mol. The molecular formula is C9H12BrClO. The number of alkyl halides is 1. The van der Waals surface area contributed by atoms with Crippen molar-refractivity contribution in [3.05, 3.63) is 22.6 Å². The summed E-state index contributed by atoms with van der Waals surface area (Å²) in [4.78, 5) is 0. The van der Waals surface area contributed by atoms with E-state index in [0.29, 0.717) is 0 Å². The van der Waals surface area contributed by atoms with Crippen molar-refractivity contribution in [1.82, 2.24) is 0 Å². The van der Waals surface area contributed by atoms with E-state index < -0.39 is 0 Å². The minimum Gasteiger partial charge on any atom is -0.468 e. The SMILES string of the molecule is CCC(Cl)CCc1occc1Br. The van der Waals surface area contributed by atoms with Crippen molar-refractivity contribution in [2.45, 2.75) is 31.6 Å². The maximum Gasteiger partial charge on any atom is 0.117 e. The zero-order chi connectivity index (χ0) is 8.97. The molecule has 0 N–H and O–H groups in total. The number of furan rings is 1. The molecule has 1 atom stereocenters. The summed E-state index contributed by atoms with van der Waals surface area (Å²) in [6.45, 7) is 2.09. The average Bonchev–Trinajstić information content (AvgIpc) is 2.47. The van der Waals surface area contributed by atoms with E-state index in [1.165, 1.54) is 0 Å². The van der Waals surface area contributed by atoms with Crippen molar-refractivity contribution < 1.29 is 4.42 Å². The number of rotatable bonds is 4. The minimum atomic E-state index is 0.266. The fourth-order valence-electron chi connectivity index (χ4n) is 0.995. The molecule has 1 heterocycles. The predicted molar refractivity (Wildman–Crippen MR) is 54.7 cm³/mol. The first-order valence-corrected chi connectivity index (χ1v) is 5.33. The van der Waals surface area contributed by atoms with Gasteiger partial charge in [0, 0.05) is 11.8 Å². The molecule has 0 saturated heterocycles. The Balaban J connectivity index is 2.38. The third-order valence-corrected chi connectivity index (χ3v) is 3.05. The number of halogens is 2. The highest BCUT2D eigenvalue weighted by Gasteiger charge is 2.06. The van der Waals surface area contributed by atoms with Crippen LogP contribution in [0.25, 0.3) is 0 Å². The lowest BCUT2D eigenvalue weighted by Crippen LogP contribution is -1.97. The van der Waals surface area contributed by atoms with Gasteiger partial charge in [-0.25, -0.2) is 0 Å². The summed E-state index contributed by atoms with van der Waals surface area (Å²) in [6.07, 6.45) is 4.59. The quantitative estimate of drug-likeness (QED) is 0.738. The van der Waals surface area contributed by atoms with Crippen LogP contribution in [0.2, 0.25) is 0 Å². The van der Waals surface area contributed by atoms with Crippen molar-refractivity contribution in [3.63, 3.8) is 0 Å². The number of hydrogen-bond acceptors (Lipinski definition) is 1. The second kappa shape index (κ2) is 4.93. The van der Waals surface area contributed by atoms with E-state index in [0.717, 1.165) is 29.5 Å². The van der Waals surface area contributed by atoms with Crippen LogP contribution in [-0.4, -0.2) is 5.38 Å². The first kappa shape index (κ1) is 10.1. The van der Waals surface area contributed by atoms with Crippen LogP contribution in [0.3, 0.4) is 0 Å². The van der Waals surface area contributed by atoms with Crippen LogP contribution in [0.15, 0.2) is 21.2 Å². The Bertz CT molecular complexity index is 234. The fraction of sp³-hybridized carbons (Fsp3) is 0.556. The standard InChI is InChI=1S/C9H12BrClO/c1-2-7(11)3-4-9-8(10)5-6-12-9/h5-7H,2-4H2,1H3. The van der Waals surface area contributed by atoms with E-state index in [2.05, 4.69) is 22.9 Å². The molecule has 0 saturated carbocycles. The highest BCUT2D eigenvalue weighted by molar-refractivity contribution is 9.10. The van der Waals surface area contributed by atoms with Crippen LogP contribution < -0.4 is 0 Å². The van der Waals surface area contributed by atoms with Crippen molar-refractivity contribution >= 4 is 27.5 Å². The van der Waals surface area contributed by atoms with Crippen molar-refractivity contribution in [3.8, 4) is 0 Å². The topological polar surface area (TPSA) is 13.1 Å². The Hall–Kier alpha value is 0.0500. The zero-order valence-electron chi connectivity index (χ0n) is 7.02. The molecule has 0 amide bonds. The summed E-state index contributed by atoms with van der Waals surface area (Å²) >= 11 is 9.38. The molecule has 3 heteroatoms. The Morgan fingerprint density at radius 2 is 2.42 bits per heavy atom. The largest absolute Gasteiger partial charge is 0.468 e. The number of aryl methyl sites for hydroxylation is 1. The molecule has 0 aliphatic carbocycles. The summed E-state index contributed by atoms with van der Waals surface area (Å²) in [5, 5.41) is 0.266. The van der Waals surface area contributed by atoms with Gasteiger partial charge in [0.15, 0.2) is 0 Å². The Kier molecular flexibility index (Phi) is 4.16. The third-order valence-electron chi connectivity index (χ3n) is 1.82. The first-order valence-electron chi connectivity index (χ1n) is 4.10. The molecule has 0 radical (unpaired) electrons. The maximum absolute atomic E-state index is 5.98.